The lowest BCUT2D eigenvalue weighted by Gasteiger charge is -2.24. The van der Waals surface area contributed by atoms with Crippen LogP contribution in [-0.4, -0.2) is 24.7 Å². The number of hydrogen-bond acceptors (Lipinski definition) is 3. The molecule has 0 radical (unpaired) electrons. The third-order valence-corrected chi connectivity index (χ3v) is 2.62. The average molecular weight is 213 g/mol. The Labute approximate surface area is 88.4 Å². The molecule has 1 aromatic rings. The molecule has 1 aliphatic rings. The minimum atomic E-state index is 0.185. The number of aromatic nitrogens is 1. The van der Waals surface area contributed by atoms with Gasteiger partial charge in [-0.3, -0.25) is 0 Å². The Bertz CT molecular complexity index is 324. The van der Waals surface area contributed by atoms with Gasteiger partial charge >= 0.3 is 0 Å². The Morgan fingerprint density at radius 1 is 1.57 bits per heavy atom. The van der Waals surface area contributed by atoms with Crippen LogP contribution in [-0.2, 0) is 4.74 Å². The Kier molecular flexibility index (Phi) is 3.01. The van der Waals surface area contributed by atoms with E-state index in [-0.39, 0.29) is 6.04 Å². The molecule has 2 heterocycles. The number of morpholine rings is 1. The van der Waals surface area contributed by atoms with E-state index in [1.54, 1.807) is 0 Å². The summed E-state index contributed by atoms with van der Waals surface area (Å²) in [6, 6.07) is 4.17. The number of nitrogens with one attached hydrogen (secondary N) is 1. The van der Waals surface area contributed by atoms with Crippen LogP contribution >= 0.6 is 11.6 Å². The van der Waals surface area contributed by atoms with Gasteiger partial charge in [-0.25, -0.2) is 4.98 Å². The summed E-state index contributed by atoms with van der Waals surface area (Å²) in [5.41, 5.74) is 1.97. The van der Waals surface area contributed by atoms with E-state index < -0.39 is 0 Å². The van der Waals surface area contributed by atoms with Gasteiger partial charge in [-0.2, -0.15) is 0 Å². The topological polar surface area (TPSA) is 34.1 Å². The van der Waals surface area contributed by atoms with Gasteiger partial charge in [0.05, 0.1) is 19.3 Å². The lowest BCUT2D eigenvalue weighted by molar-refractivity contribution is 0.0768. The molecule has 1 unspecified atom stereocenters. The summed E-state index contributed by atoms with van der Waals surface area (Å²) >= 11 is 6.06. The Morgan fingerprint density at radius 2 is 2.43 bits per heavy atom. The van der Waals surface area contributed by atoms with Gasteiger partial charge in [0.15, 0.2) is 0 Å². The maximum absolute atomic E-state index is 6.06. The van der Waals surface area contributed by atoms with E-state index in [9.17, 15) is 0 Å². The number of hydrogen-bond donors (Lipinski definition) is 1. The molecule has 1 aromatic heterocycles. The van der Waals surface area contributed by atoms with Crippen molar-refractivity contribution in [2.45, 2.75) is 13.0 Å². The van der Waals surface area contributed by atoms with Crippen LogP contribution in [0.1, 0.15) is 17.3 Å². The van der Waals surface area contributed by atoms with Gasteiger partial charge in [0.1, 0.15) is 5.15 Å². The molecule has 1 saturated heterocycles. The second-order valence-corrected chi connectivity index (χ2v) is 3.77. The third kappa shape index (κ3) is 2.05. The van der Waals surface area contributed by atoms with Crippen molar-refractivity contribution in [3.05, 3.63) is 28.5 Å². The summed E-state index contributed by atoms with van der Waals surface area (Å²) in [6.07, 6.45) is 0. The fourth-order valence-corrected chi connectivity index (χ4v) is 1.89. The smallest absolute Gasteiger partial charge is 0.134 e. The van der Waals surface area contributed by atoms with Crippen molar-refractivity contribution >= 4 is 11.6 Å². The van der Waals surface area contributed by atoms with Crippen molar-refractivity contribution in [1.29, 1.82) is 0 Å². The molecular weight excluding hydrogens is 200 g/mol. The maximum Gasteiger partial charge on any atom is 0.134 e. The lowest BCUT2D eigenvalue weighted by Crippen LogP contribution is -2.34. The van der Waals surface area contributed by atoms with Gasteiger partial charge in [-0.1, -0.05) is 17.7 Å². The summed E-state index contributed by atoms with van der Waals surface area (Å²) in [4.78, 5) is 4.22. The fourth-order valence-electron chi connectivity index (χ4n) is 1.56. The summed E-state index contributed by atoms with van der Waals surface area (Å²) in [5, 5.41) is 3.92. The summed E-state index contributed by atoms with van der Waals surface area (Å²) in [6.45, 7) is 4.24. The van der Waals surface area contributed by atoms with Crippen LogP contribution in [0.2, 0.25) is 5.15 Å². The van der Waals surface area contributed by atoms with E-state index in [4.69, 9.17) is 16.3 Å². The van der Waals surface area contributed by atoms with Gasteiger partial charge in [0, 0.05) is 17.8 Å². The van der Waals surface area contributed by atoms with Crippen LogP contribution < -0.4 is 5.32 Å². The number of halogens is 1. The highest BCUT2D eigenvalue weighted by Gasteiger charge is 2.18. The molecule has 3 nitrogen and oxygen atoms in total. The zero-order valence-corrected chi connectivity index (χ0v) is 8.84. The molecule has 14 heavy (non-hydrogen) atoms. The number of nitrogens with zero attached hydrogens (tertiary/aromatic N) is 1. The molecule has 2 rings (SSSR count). The average Bonchev–Trinajstić information content (AvgIpc) is 2.19. The minimum absolute atomic E-state index is 0.185. The summed E-state index contributed by atoms with van der Waals surface area (Å²) in [5.74, 6) is 0. The van der Waals surface area contributed by atoms with E-state index in [1.807, 2.05) is 19.1 Å². The van der Waals surface area contributed by atoms with Gasteiger partial charge in [-0.05, 0) is 13.0 Å². The Hall–Kier alpha value is -0.640. The zero-order chi connectivity index (χ0) is 9.97. The molecule has 76 valence electrons. The standard InChI is InChI=1S/C10H13ClN2O/c1-7-2-3-8(10(11)13-7)9-6-14-5-4-12-9/h2-3,9,12H,4-6H2,1H3. The fraction of sp³-hybridized carbons (Fsp3) is 0.500. The molecule has 0 aliphatic carbocycles. The van der Waals surface area contributed by atoms with E-state index in [1.165, 1.54) is 0 Å². The number of aryl methyl sites for hydroxylation is 1. The Morgan fingerprint density at radius 3 is 3.07 bits per heavy atom. The van der Waals surface area contributed by atoms with Crippen LogP contribution in [0.5, 0.6) is 0 Å². The molecule has 0 spiro atoms. The van der Waals surface area contributed by atoms with Crippen LogP contribution in [0, 0.1) is 6.92 Å². The normalized spacial score (nSPS) is 22.3. The van der Waals surface area contributed by atoms with Gasteiger partial charge in [0.25, 0.3) is 0 Å². The van der Waals surface area contributed by atoms with E-state index in [0.29, 0.717) is 11.8 Å². The highest BCUT2D eigenvalue weighted by molar-refractivity contribution is 6.30. The van der Waals surface area contributed by atoms with Crippen LogP contribution in [0.4, 0.5) is 0 Å². The maximum atomic E-state index is 6.06. The van der Waals surface area contributed by atoms with E-state index >= 15 is 0 Å². The first-order valence-corrected chi connectivity index (χ1v) is 5.09. The lowest BCUT2D eigenvalue weighted by atomic mass is 10.1. The second-order valence-electron chi connectivity index (χ2n) is 3.41. The monoisotopic (exact) mass is 212 g/mol. The molecule has 1 N–H and O–H groups in total. The molecule has 0 amide bonds. The summed E-state index contributed by atoms with van der Waals surface area (Å²) < 4.78 is 5.37. The molecule has 0 bridgehead atoms. The van der Waals surface area contributed by atoms with Crippen LogP contribution in [0.15, 0.2) is 12.1 Å². The predicted molar refractivity (Wildman–Crippen MR) is 55.5 cm³/mol. The van der Waals surface area contributed by atoms with Crippen molar-refractivity contribution in [3.8, 4) is 0 Å². The van der Waals surface area contributed by atoms with E-state index in [2.05, 4.69) is 10.3 Å². The molecule has 1 aliphatic heterocycles. The van der Waals surface area contributed by atoms with Gasteiger partial charge in [-0.15, -0.1) is 0 Å². The van der Waals surface area contributed by atoms with Crippen molar-refractivity contribution < 1.29 is 4.74 Å². The number of rotatable bonds is 1. The number of pyridine rings is 1. The minimum Gasteiger partial charge on any atom is -0.378 e. The number of ether oxygens (including phenoxy) is 1. The zero-order valence-electron chi connectivity index (χ0n) is 8.09. The molecule has 0 saturated carbocycles. The molecule has 1 fully saturated rings. The quantitative estimate of drug-likeness (QED) is 0.720. The van der Waals surface area contributed by atoms with Crippen LogP contribution in [0.25, 0.3) is 0 Å². The first-order valence-electron chi connectivity index (χ1n) is 4.71. The van der Waals surface area contributed by atoms with Crippen molar-refractivity contribution in [2.24, 2.45) is 0 Å². The first kappa shape index (κ1) is 9.90. The van der Waals surface area contributed by atoms with Crippen molar-refractivity contribution in [1.82, 2.24) is 10.3 Å². The highest BCUT2D eigenvalue weighted by Crippen LogP contribution is 2.22. The van der Waals surface area contributed by atoms with Gasteiger partial charge in [0.2, 0.25) is 0 Å². The van der Waals surface area contributed by atoms with Gasteiger partial charge < -0.3 is 10.1 Å². The van der Waals surface area contributed by atoms with Crippen molar-refractivity contribution in [2.75, 3.05) is 19.8 Å². The van der Waals surface area contributed by atoms with E-state index in [0.717, 1.165) is 24.4 Å². The predicted octanol–water partition coefficient (Wildman–Crippen LogP) is 1.70. The van der Waals surface area contributed by atoms with Crippen LogP contribution in [0.3, 0.4) is 0 Å². The molecule has 0 aromatic carbocycles. The third-order valence-electron chi connectivity index (χ3n) is 2.31. The SMILES string of the molecule is Cc1ccc(C2COCCN2)c(Cl)n1. The first-order chi connectivity index (χ1) is 6.77. The Balaban J connectivity index is 2.22. The molecule has 1 atom stereocenters. The largest absolute Gasteiger partial charge is 0.378 e. The van der Waals surface area contributed by atoms with Crippen molar-refractivity contribution in [3.63, 3.8) is 0 Å². The highest BCUT2D eigenvalue weighted by atomic mass is 35.5. The molecule has 4 heteroatoms. The second kappa shape index (κ2) is 4.26. The summed E-state index contributed by atoms with van der Waals surface area (Å²) in [7, 11) is 0. The molecular formula is C10H13ClN2O.